The van der Waals surface area contributed by atoms with E-state index in [-0.39, 0.29) is 16.3 Å². The van der Waals surface area contributed by atoms with Crippen molar-refractivity contribution in [3.05, 3.63) is 58.6 Å². The summed E-state index contributed by atoms with van der Waals surface area (Å²) >= 11 is 5.71. The van der Waals surface area contributed by atoms with Gasteiger partial charge in [-0.25, -0.2) is 4.79 Å². The Labute approximate surface area is 145 Å². The average Bonchev–Trinajstić information content (AvgIpc) is 2.53. The monoisotopic (exact) mass is 373 g/mol. The zero-order chi connectivity index (χ0) is 18.6. The van der Waals surface area contributed by atoms with Crippen LogP contribution in [0, 0.1) is 0 Å². The molecular formula is C16H11ClF3NO4. The average molecular weight is 374 g/mol. The van der Waals surface area contributed by atoms with E-state index in [0.29, 0.717) is 0 Å². The lowest BCUT2D eigenvalue weighted by atomic mass is 10.1. The zero-order valence-corrected chi connectivity index (χ0v) is 13.2. The number of phenolic OH excluding ortho intramolecular Hbond substituents is 1. The van der Waals surface area contributed by atoms with Crippen LogP contribution in [0.2, 0.25) is 5.02 Å². The fourth-order valence-electron chi connectivity index (χ4n) is 1.91. The summed E-state index contributed by atoms with van der Waals surface area (Å²) in [6.45, 7) is -0.822. The van der Waals surface area contributed by atoms with Crippen molar-refractivity contribution in [1.29, 1.82) is 0 Å². The first-order chi connectivity index (χ1) is 11.7. The maximum Gasteiger partial charge on any atom is 0.418 e. The van der Waals surface area contributed by atoms with Gasteiger partial charge in [0.2, 0.25) is 0 Å². The van der Waals surface area contributed by atoms with Gasteiger partial charge in [-0.05, 0) is 30.3 Å². The molecule has 2 aromatic carbocycles. The van der Waals surface area contributed by atoms with E-state index in [4.69, 9.17) is 16.3 Å². The predicted molar refractivity (Wildman–Crippen MR) is 83.5 cm³/mol. The van der Waals surface area contributed by atoms with Crippen LogP contribution in [0.25, 0.3) is 0 Å². The number of ether oxygens (including phenoxy) is 1. The molecule has 0 saturated carbocycles. The van der Waals surface area contributed by atoms with Crippen molar-refractivity contribution in [3.63, 3.8) is 0 Å². The number of phenols is 1. The molecule has 0 bridgehead atoms. The standard InChI is InChI=1S/C16H11ClF3NO4/c17-12-6-2-5-11(16(18,19)20)14(12)21-13(23)8-25-15(24)9-3-1-4-10(22)7-9/h1-7,22H,8H2,(H,21,23). The van der Waals surface area contributed by atoms with E-state index in [2.05, 4.69) is 0 Å². The Kier molecular flexibility index (Phi) is 5.53. The Morgan fingerprint density at radius 1 is 1.16 bits per heavy atom. The summed E-state index contributed by atoms with van der Waals surface area (Å²) in [5, 5.41) is 10.9. The normalized spacial score (nSPS) is 11.0. The lowest BCUT2D eigenvalue weighted by molar-refractivity contribution is -0.137. The summed E-state index contributed by atoms with van der Waals surface area (Å²) in [5.74, 6) is -2.09. The van der Waals surface area contributed by atoms with Crippen molar-refractivity contribution >= 4 is 29.2 Å². The number of para-hydroxylation sites is 1. The third-order valence-electron chi connectivity index (χ3n) is 3.00. The van der Waals surface area contributed by atoms with Crippen LogP contribution in [0.15, 0.2) is 42.5 Å². The zero-order valence-electron chi connectivity index (χ0n) is 12.4. The molecule has 0 radical (unpaired) electrons. The predicted octanol–water partition coefficient (Wildman–Crippen LogP) is 3.86. The molecule has 0 aromatic heterocycles. The van der Waals surface area contributed by atoms with Gasteiger partial charge < -0.3 is 15.2 Å². The highest BCUT2D eigenvalue weighted by Gasteiger charge is 2.34. The van der Waals surface area contributed by atoms with Gasteiger partial charge >= 0.3 is 12.1 Å². The maximum atomic E-state index is 12.9. The molecular weight excluding hydrogens is 363 g/mol. The van der Waals surface area contributed by atoms with E-state index >= 15 is 0 Å². The third-order valence-corrected chi connectivity index (χ3v) is 3.31. The van der Waals surface area contributed by atoms with Crippen LogP contribution >= 0.6 is 11.6 Å². The van der Waals surface area contributed by atoms with Crippen molar-refractivity contribution in [3.8, 4) is 5.75 Å². The molecule has 0 aliphatic heterocycles. The van der Waals surface area contributed by atoms with Crippen LogP contribution in [0.1, 0.15) is 15.9 Å². The molecule has 2 N–H and O–H groups in total. The van der Waals surface area contributed by atoms with Crippen LogP contribution in [-0.4, -0.2) is 23.6 Å². The van der Waals surface area contributed by atoms with E-state index in [9.17, 15) is 27.9 Å². The number of anilines is 1. The van der Waals surface area contributed by atoms with Crippen LogP contribution in [0.5, 0.6) is 5.75 Å². The number of rotatable bonds is 4. The number of hydrogen-bond acceptors (Lipinski definition) is 4. The molecule has 5 nitrogen and oxygen atoms in total. The SMILES string of the molecule is O=C(COC(=O)c1cccc(O)c1)Nc1c(Cl)cccc1C(F)(F)F. The molecule has 2 aromatic rings. The number of amides is 1. The first-order valence-corrected chi connectivity index (χ1v) is 7.18. The second-order valence-corrected chi connectivity index (χ2v) is 5.24. The van der Waals surface area contributed by atoms with Gasteiger partial charge in [0.25, 0.3) is 5.91 Å². The molecule has 9 heteroatoms. The topological polar surface area (TPSA) is 75.6 Å². The molecule has 0 aliphatic carbocycles. The molecule has 0 aliphatic rings. The molecule has 0 spiro atoms. The van der Waals surface area contributed by atoms with Gasteiger partial charge in [-0.1, -0.05) is 23.7 Å². The van der Waals surface area contributed by atoms with E-state index in [1.807, 2.05) is 5.32 Å². The number of hydrogen-bond donors (Lipinski definition) is 2. The Hall–Kier alpha value is -2.74. The van der Waals surface area contributed by atoms with Crippen molar-refractivity contribution in [2.24, 2.45) is 0 Å². The molecule has 0 saturated heterocycles. The first kappa shape index (κ1) is 18.6. The van der Waals surface area contributed by atoms with Gasteiger partial charge in [-0.3, -0.25) is 4.79 Å². The highest BCUT2D eigenvalue weighted by molar-refractivity contribution is 6.34. The van der Waals surface area contributed by atoms with Gasteiger partial charge in [0.15, 0.2) is 6.61 Å². The van der Waals surface area contributed by atoms with E-state index < -0.39 is 35.9 Å². The Balaban J connectivity index is 2.05. The molecule has 0 atom stereocenters. The molecule has 0 unspecified atom stereocenters. The summed E-state index contributed by atoms with van der Waals surface area (Å²) in [6.07, 6.45) is -4.72. The number of carbonyl (C=O) groups is 2. The van der Waals surface area contributed by atoms with E-state index in [0.717, 1.165) is 18.2 Å². The molecule has 1 amide bonds. The smallest absolute Gasteiger partial charge is 0.418 e. The Morgan fingerprint density at radius 3 is 2.48 bits per heavy atom. The van der Waals surface area contributed by atoms with Gasteiger partial charge in [-0.15, -0.1) is 0 Å². The minimum atomic E-state index is -4.72. The van der Waals surface area contributed by atoms with Crippen LogP contribution in [0.4, 0.5) is 18.9 Å². The number of halogens is 4. The van der Waals surface area contributed by atoms with Crippen LogP contribution < -0.4 is 5.32 Å². The Bertz CT molecular complexity index is 808. The highest BCUT2D eigenvalue weighted by Crippen LogP contribution is 2.38. The quantitative estimate of drug-likeness (QED) is 0.798. The van der Waals surface area contributed by atoms with E-state index in [1.165, 1.54) is 24.3 Å². The minimum Gasteiger partial charge on any atom is -0.508 e. The van der Waals surface area contributed by atoms with Gasteiger partial charge in [0.05, 0.1) is 21.8 Å². The van der Waals surface area contributed by atoms with Crippen LogP contribution in [0.3, 0.4) is 0 Å². The first-order valence-electron chi connectivity index (χ1n) is 6.80. The lowest BCUT2D eigenvalue weighted by Gasteiger charge is -2.15. The molecule has 0 heterocycles. The molecule has 2 rings (SSSR count). The summed E-state index contributed by atoms with van der Waals surface area (Å²) in [6, 6.07) is 8.24. The van der Waals surface area contributed by atoms with Crippen LogP contribution in [-0.2, 0) is 15.7 Å². The van der Waals surface area contributed by atoms with Crippen molar-refractivity contribution < 1.29 is 32.6 Å². The minimum absolute atomic E-state index is 0.0125. The summed E-state index contributed by atoms with van der Waals surface area (Å²) < 4.78 is 43.5. The number of aromatic hydroxyl groups is 1. The number of esters is 1. The van der Waals surface area contributed by atoms with Crippen molar-refractivity contribution in [2.45, 2.75) is 6.18 Å². The second kappa shape index (κ2) is 7.43. The fourth-order valence-corrected chi connectivity index (χ4v) is 2.13. The van der Waals surface area contributed by atoms with Gasteiger partial charge in [-0.2, -0.15) is 13.2 Å². The number of nitrogens with one attached hydrogen (secondary N) is 1. The maximum absolute atomic E-state index is 12.9. The third kappa shape index (κ3) is 4.87. The lowest BCUT2D eigenvalue weighted by Crippen LogP contribution is -2.23. The van der Waals surface area contributed by atoms with Crippen molar-refractivity contribution in [1.82, 2.24) is 0 Å². The summed E-state index contributed by atoms with van der Waals surface area (Å²) in [5.41, 5.74) is -1.75. The largest absolute Gasteiger partial charge is 0.508 e. The highest BCUT2D eigenvalue weighted by atomic mass is 35.5. The van der Waals surface area contributed by atoms with Crippen molar-refractivity contribution in [2.75, 3.05) is 11.9 Å². The molecule has 0 fully saturated rings. The van der Waals surface area contributed by atoms with E-state index in [1.54, 1.807) is 0 Å². The Morgan fingerprint density at radius 2 is 1.84 bits per heavy atom. The molecule has 132 valence electrons. The summed E-state index contributed by atoms with van der Waals surface area (Å²) in [4.78, 5) is 23.5. The number of alkyl halides is 3. The fraction of sp³-hybridized carbons (Fsp3) is 0.125. The summed E-state index contributed by atoms with van der Waals surface area (Å²) in [7, 11) is 0. The molecule has 25 heavy (non-hydrogen) atoms. The van der Waals surface area contributed by atoms with Gasteiger partial charge in [0, 0.05) is 0 Å². The number of benzene rings is 2. The van der Waals surface area contributed by atoms with Gasteiger partial charge in [0.1, 0.15) is 5.75 Å². The second-order valence-electron chi connectivity index (χ2n) is 4.83. The number of carbonyl (C=O) groups excluding carboxylic acids is 2.